The van der Waals surface area contributed by atoms with E-state index in [9.17, 15) is 9.59 Å². The topological polar surface area (TPSA) is 76.0 Å². The molecule has 0 saturated carbocycles. The molecular formula is C20H28N4O2S. The number of aromatic nitrogens is 2. The summed E-state index contributed by atoms with van der Waals surface area (Å²) < 4.78 is 1.98. The second kappa shape index (κ2) is 8.61. The lowest BCUT2D eigenvalue weighted by Crippen LogP contribution is -2.51. The van der Waals surface area contributed by atoms with Crippen LogP contribution < -0.4 is 10.6 Å². The van der Waals surface area contributed by atoms with E-state index in [0.717, 1.165) is 22.0 Å². The maximum absolute atomic E-state index is 12.2. The first-order valence-corrected chi connectivity index (χ1v) is 9.90. The normalized spacial score (nSPS) is 12.5. The van der Waals surface area contributed by atoms with Crippen LogP contribution in [0.1, 0.15) is 38.8 Å². The molecule has 2 N–H and O–H groups in total. The molecule has 1 aromatic heterocycles. The standard InChI is InChI=1S/C20H28N4O2S/c1-13-7-8-14(2)16(11-13)24-10-9-21-19(24)27-12-17(25)22-15(3)18(26)23-20(4,5)6/h7-11,15H,12H2,1-6H3,(H,22,25)(H,23,26). The molecule has 0 aliphatic rings. The van der Waals surface area contributed by atoms with Crippen LogP contribution in [0.5, 0.6) is 0 Å². The zero-order valence-corrected chi connectivity index (χ0v) is 17.6. The van der Waals surface area contributed by atoms with Crippen molar-refractivity contribution in [3.63, 3.8) is 0 Å². The summed E-state index contributed by atoms with van der Waals surface area (Å²) in [5.74, 6) is -0.209. The number of nitrogens with zero attached hydrogens (tertiary/aromatic N) is 2. The molecule has 2 aromatic rings. The van der Waals surface area contributed by atoms with Gasteiger partial charge in [0, 0.05) is 17.9 Å². The van der Waals surface area contributed by atoms with Gasteiger partial charge in [-0.3, -0.25) is 14.2 Å². The van der Waals surface area contributed by atoms with E-state index in [-0.39, 0.29) is 23.1 Å². The Kier molecular flexibility index (Phi) is 6.70. The van der Waals surface area contributed by atoms with Crippen LogP contribution in [0.2, 0.25) is 0 Å². The Morgan fingerprint density at radius 3 is 2.63 bits per heavy atom. The third-order valence-electron chi connectivity index (χ3n) is 3.83. The summed E-state index contributed by atoms with van der Waals surface area (Å²) in [5.41, 5.74) is 3.02. The highest BCUT2D eigenvalue weighted by atomic mass is 32.2. The Morgan fingerprint density at radius 2 is 1.96 bits per heavy atom. The van der Waals surface area contributed by atoms with Crippen LogP contribution in [0.3, 0.4) is 0 Å². The third kappa shape index (κ3) is 6.13. The molecule has 0 radical (unpaired) electrons. The summed E-state index contributed by atoms with van der Waals surface area (Å²) in [4.78, 5) is 28.7. The van der Waals surface area contributed by atoms with Gasteiger partial charge in [-0.15, -0.1) is 0 Å². The first kappa shape index (κ1) is 21.0. The Balaban J connectivity index is 1.98. The van der Waals surface area contributed by atoms with Gasteiger partial charge in [0.25, 0.3) is 0 Å². The second-order valence-corrected chi connectivity index (χ2v) is 8.63. The molecule has 7 heteroatoms. The van der Waals surface area contributed by atoms with Gasteiger partial charge in [-0.2, -0.15) is 0 Å². The second-order valence-electron chi connectivity index (χ2n) is 7.69. The number of hydrogen-bond acceptors (Lipinski definition) is 4. The number of carbonyl (C=O) groups is 2. The van der Waals surface area contributed by atoms with Crippen LogP contribution >= 0.6 is 11.8 Å². The monoisotopic (exact) mass is 388 g/mol. The Bertz CT molecular complexity index is 824. The lowest BCUT2D eigenvalue weighted by atomic mass is 10.1. The Morgan fingerprint density at radius 1 is 1.26 bits per heavy atom. The Labute approximate surface area is 165 Å². The molecule has 0 aliphatic carbocycles. The number of aryl methyl sites for hydroxylation is 2. The number of rotatable bonds is 6. The number of imidazole rings is 1. The van der Waals surface area contributed by atoms with Gasteiger partial charge in [-0.25, -0.2) is 4.98 Å². The number of nitrogens with one attached hydrogen (secondary N) is 2. The van der Waals surface area contributed by atoms with Crippen molar-refractivity contribution in [2.75, 3.05) is 5.75 Å². The smallest absolute Gasteiger partial charge is 0.242 e. The van der Waals surface area contributed by atoms with Crippen LogP contribution in [-0.2, 0) is 9.59 Å². The molecule has 1 heterocycles. The summed E-state index contributed by atoms with van der Waals surface area (Å²) in [6.45, 7) is 11.5. The highest BCUT2D eigenvalue weighted by molar-refractivity contribution is 7.99. The minimum absolute atomic E-state index is 0.189. The summed E-state index contributed by atoms with van der Waals surface area (Å²) in [5, 5.41) is 6.34. The van der Waals surface area contributed by atoms with Crippen LogP contribution in [0.25, 0.3) is 5.69 Å². The van der Waals surface area contributed by atoms with Crippen LogP contribution in [-0.4, -0.2) is 38.7 Å². The average molecular weight is 389 g/mol. The van der Waals surface area contributed by atoms with Gasteiger partial charge in [-0.05, 0) is 58.7 Å². The number of amides is 2. The van der Waals surface area contributed by atoms with Crippen molar-refractivity contribution >= 4 is 23.6 Å². The summed E-state index contributed by atoms with van der Waals surface area (Å²) in [6, 6.07) is 5.65. The highest BCUT2D eigenvalue weighted by Crippen LogP contribution is 2.23. The van der Waals surface area contributed by atoms with Gasteiger partial charge >= 0.3 is 0 Å². The van der Waals surface area contributed by atoms with Crippen molar-refractivity contribution < 1.29 is 9.59 Å². The van der Waals surface area contributed by atoms with E-state index in [4.69, 9.17) is 0 Å². The molecule has 1 atom stereocenters. The lowest BCUT2D eigenvalue weighted by molar-refractivity contribution is -0.128. The zero-order valence-electron chi connectivity index (χ0n) is 16.8. The molecule has 2 rings (SSSR count). The number of benzene rings is 1. The van der Waals surface area contributed by atoms with Crippen LogP contribution in [0, 0.1) is 13.8 Å². The Hall–Kier alpha value is -2.28. The molecule has 0 bridgehead atoms. The molecule has 1 unspecified atom stereocenters. The fourth-order valence-corrected chi connectivity index (χ4v) is 3.29. The maximum atomic E-state index is 12.2. The van der Waals surface area contributed by atoms with E-state index in [0.29, 0.717) is 0 Å². The zero-order chi connectivity index (χ0) is 20.2. The van der Waals surface area contributed by atoms with E-state index in [1.54, 1.807) is 13.1 Å². The summed E-state index contributed by atoms with van der Waals surface area (Å²) in [7, 11) is 0. The van der Waals surface area contributed by atoms with Crippen molar-refractivity contribution in [2.45, 2.75) is 58.3 Å². The number of carbonyl (C=O) groups excluding carboxylic acids is 2. The maximum Gasteiger partial charge on any atom is 0.242 e. The third-order valence-corrected chi connectivity index (χ3v) is 4.80. The largest absolute Gasteiger partial charge is 0.350 e. The minimum atomic E-state index is -0.587. The van der Waals surface area contributed by atoms with Gasteiger partial charge in [-0.1, -0.05) is 23.9 Å². The van der Waals surface area contributed by atoms with Gasteiger partial charge in [0.1, 0.15) is 6.04 Å². The summed E-state index contributed by atoms with van der Waals surface area (Å²) in [6.07, 6.45) is 3.61. The molecule has 2 amide bonds. The van der Waals surface area contributed by atoms with E-state index in [2.05, 4.69) is 33.8 Å². The predicted molar refractivity (Wildman–Crippen MR) is 109 cm³/mol. The van der Waals surface area contributed by atoms with E-state index in [1.807, 2.05) is 45.4 Å². The van der Waals surface area contributed by atoms with Crippen LogP contribution in [0.15, 0.2) is 35.7 Å². The molecule has 6 nitrogen and oxygen atoms in total. The molecule has 27 heavy (non-hydrogen) atoms. The van der Waals surface area contributed by atoms with Gasteiger partial charge in [0.05, 0.1) is 11.4 Å². The van der Waals surface area contributed by atoms with Crippen molar-refractivity contribution in [3.8, 4) is 5.69 Å². The van der Waals surface area contributed by atoms with Crippen molar-refractivity contribution in [2.24, 2.45) is 0 Å². The molecular weight excluding hydrogens is 360 g/mol. The predicted octanol–water partition coefficient (Wildman–Crippen LogP) is 3.00. The van der Waals surface area contributed by atoms with E-state index < -0.39 is 6.04 Å². The average Bonchev–Trinajstić information content (AvgIpc) is 3.02. The summed E-state index contributed by atoms with van der Waals surface area (Å²) >= 11 is 1.35. The van der Waals surface area contributed by atoms with E-state index >= 15 is 0 Å². The molecule has 1 aromatic carbocycles. The lowest BCUT2D eigenvalue weighted by Gasteiger charge is -2.23. The van der Waals surface area contributed by atoms with E-state index in [1.165, 1.54) is 11.8 Å². The quantitative estimate of drug-likeness (QED) is 0.746. The van der Waals surface area contributed by atoms with Gasteiger partial charge < -0.3 is 10.6 Å². The fourth-order valence-electron chi connectivity index (χ4n) is 2.52. The number of thioether (sulfide) groups is 1. The number of hydrogen-bond donors (Lipinski definition) is 2. The first-order chi connectivity index (χ1) is 12.6. The van der Waals surface area contributed by atoms with Crippen LogP contribution in [0.4, 0.5) is 0 Å². The SMILES string of the molecule is Cc1ccc(C)c(-n2ccnc2SCC(=O)NC(C)C(=O)NC(C)(C)C)c1. The molecule has 0 spiro atoms. The molecule has 0 fully saturated rings. The van der Waals surface area contributed by atoms with Gasteiger partial charge in [0.2, 0.25) is 11.8 Å². The molecule has 146 valence electrons. The fraction of sp³-hybridized carbons (Fsp3) is 0.450. The van der Waals surface area contributed by atoms with Crippen molar-refractivity contribution in [1.29, 1.82) is 0 Å². The molecule has 0 aliphatic heterocycles. The minimum Gasteiger partial charge on any atom is -0.350 e. The first-order valence-electron chi connectivity index (χ1n) is 8.92. The van der Waals surface area contributed by atoms with Gasteiger partial charge in [0.15, 0.2) is 5.16 Å². The van der Waals surface area contributed by atoms with Crippen molar-refractivity contribution in [1.82, 2.24) is 20.2 Å². The highest BCUT2D eigenvalue weighted by Gasteiger charge is 2.21. The van der Waals surface area contributed by atoms with Crippen molar-refractivity contribution in [3.05, 3.63) is 41.7 Å². The molecule has 0 saturated heterocycles.